The van der Waals surface area contributed by atoms with E-state index >= 15 is 0 Å². The zero-order valence-corrected chi connectivity index (χ0v) is 13.2. The van der Waals surface area contributed by atoms with E-state index in [1.54, 1.807) is 0 Å². The molecule has 0 amide bonds. The lowest BCUT2D eigenvalue weighted by atomic mass is 10.2. The van der Waals surface area contributed by atoms with E-state index < -0.39 is 8.07 Å². The molecule has 1 aliphatic heterocycles. The SMILES string of the molecule is CC=CCC(C#C[Si](C)(C)C)OC1CCCCO1. The van der Waals surface area contributed by atoms with E-state index in [0.717, 1.165) is 25.9 Å². The summed E-state index contributed by atoms with van der Waals surface area (Å²) in [6, 6.07) is 0. The van der Waals surface area contributed by atoms with Crippen molar-refractivity contribution in [1.82, 2.24) is 0 Å². The van der Waals surface area contributed by atoms with Crippen LogP contribution in [-0.4, -0.2) is 27.1 Å². The first-order chi connectivity index (χ1) is 8.51. The van der Waals surface area contributed by atoms with Gasteiger partial charge in [-0.05, 0) is 26.2 Å². The van der Waals surface area contributed by atoms with Crippen LogP contribution in [0.5, 0.6) is 0 Å². The Kier molecular flexibility index (Phi) is 6.70. The van der Waals surface area contributed by atoms with Crippen LogP contribution in [0.25, 0.3) is 0 Å². The van der Waals surface area contributed by atoms with E-state index in [0.29, 0.717) is 0 Å². The summed E-state index contributed by atoms with van der Waals surface area (Å²) in [5, 5.41) is 0. The van der Waals surface area contributed by atoms with Gasteiger partial charge < -0.3 is 9.47 Å². The quantitative estimate of drug-likeness (QED) is 0.438. The summed E-state index contributed by atoms with van der Waals surface area (Å²) in [6.45, 7) is 9.61. The molecule has 0 N–H and O–H groups in total. The van der Waals surface area contributed by atoms with Crippen LogP contribution in [0.4, 0.5) is 0 Å². The van der Waals surface area contributed by atoms with Gasteiger partial charge >= 0.3 is 0 Å². The Morgan fingerprint density at radius 2 is 2.17 bits per heavy atom. The van der Waals surface area contributed by atoms with Crippen LogP contribution in [0.15, 0.2) is 12.2 Å². The summed E-state index contributed by atoms with van der Waals surface area (Å²) >= 11 is 0. The molecule has 0 aromatic rings. The van der Waals surface area contributed by atoms with Crippen molar-refractivity contribution in [1.29, 1.82) is 0 Å². The van der Waals surface area contributed by atoms with E-state index in [9.17, 15) is 0 Å². The maximum Gasteiger partial charge on any atom is 0.159 e. The molecule has 2 atom stereocenters. The third kappa shape index (κ3) is 7.00. The van der Waals surface area contributed by atoms with Crippen LogP contribution >= 0.6 is 0 Å². The number of ether oxygens (including phenoxy) is 2. The average Bonchev–Trinajstić information content (AvgIpc) is 2.33. The first-order valence-corrected chi connectivity index (χ1v) is 10.4. The predicted molar refractivity (Wildman–Crippen MR) is 79.0 cm³/mol. The van der Waals surface area contributed by atoms with Crippen molar-refractivity contribution in [3.05, 3.63) is 12.2 Å². The van der Waals surface area contributed by atoms with Gasteiger partial charge in [0.25, 0.3) is 0 Å². The smallest absolute Gasteiger partial charge is 0.159 e. The second kappa shape index (κ2) is 7.78. The van der Waals surface area contributed by atoms with Crippen LogP contribution < -0.4 is 0 Å². The molecule has 1 heterocycles. The van der Waals surface area contributed by atoms with E-state index in [1.165, 1.54) is 6.42 Å². The Labute approximate surface area is 113 Å². The highest BCUT2D eigenvalue weighted by Crippen LogP contribution is 2.16. The fraction of sp³-hybridized carbons (Fsp3) is 0.733. The van der Waals surface area contributed by atoms with Crippen LogP contribution in [0.2, 0.25) is 19.6 Å². The average molecular weight is 266 g/mol. The molecule has 0 radical (unpaired) electrons. The highest BCUT2D eigenvalue weighted by Gasteiger charge is 2.18. The van der Waals surface area contributed by atoms with Gasteiger partial charge in [-0.3, -0.25) is 0 Å². The molecule has 0 aliphatic carbocycles. The van der Waals surface area contributed by atoms with E-state index in [1.807, 2.05) is 13.0 Å². The van der Waals surface area contributed by atoms with Gasteiger partial charge in [0, 0.05) is 13.0 Å². The summed E-state index contributed by atoms with van der Waals surface area (Å²) in [6.07, 6.45) is 8.30. The predicted octanol–water partition coefficient (Wildman–Crippen LogP) is 3.75. The van der Waals surface area contributed by atoms with Crippen molar-refractivity contribution < 1.29 is 9.47 Å². The number of allylic oxidation sites excluding steroid dienone is 1. The minimum atomic E-state index is -1.33. The molecule has 1 aliphatic rings. The second-order valence-electron chi connectivity index (χ2n) is 5.74. The fourth-order valence-corrected chi connectivity index (χ4v) is 2.30. The first-order valence-electron chi connectivity index (χ1n) is 6.92. The van der Waals surface area contributed by atoms with Crippen molar-refractivity contribution in [3.63, 3.8) is 0 Å². The Morgan fingerprint density at radius 3 is 2.72 bits per heavy atom. The standard InChI is InChI=1S/C15H26O2Si/c1-5-6-9-14(11-13-18(2,3)4)17-15-10-7-8-12-16-15/h5-6,14-15H,7-10,12H2,1-4H3. The Hall–Kier alpha value is -0.563. The highest BCUT2D eigenvalue weighted by atomic mass is 28.3. The molecule has 1 rings (SSSR count). The maximum absolute atomic E-state index is 5.96. The molecule has 1 saturated heterocycles. The molecule has 0 spiro atoms. The lowest BCUT2D eigenvalue weighted by Gasteiger charge is -2.25. The number of hydrogen-bond donors (Lipinski definition) is 0. The topological polar surface area (TPSA) is 18.5 Å². The van der Waals surface area contributed by atoms with Gasteiger partial charge in [-0.15, -0.1) is 5.54 Å². The molecule has 1 fully saturated rings. The van der Waals surface area contributed by atoms with Crippen molar-refractivity contribution in [3.8, 4) is 11.5 Å². The Balaban J connectivity index is 2.55. The van der Waals surface area contributed by atoms with Crippen molar-refractivity contribution in [2.45, 2.75) is 64.6 Å². The zero-order valence-electron chi connectivity index (χ0n) is 12.2. The number of rotatable bonds is 4. The molecule has 18 heavy (non-hydrogen) atoms. The summed E-state index contributed by atoms with van der Waals surface area (Å²) in [4.78, 5) is 0. The normalized spacial score (nSPS) is 22.6. The first kappa shape index (κ1) is 15.5. The Morgan fingerprint density at radius 1 is 1.39 bits per heavy atom. The summed E-state index contributed by atoms with van der Waals surface area (Å²) < 4.78 is 11.6. The molecule has 102 valence electrons. The molecular formula is C15H26O2Si. The molecule has 2 nitrogen and oxygen atoms in total. The van der Waals surface area contributed by atoms with Crippen LogP contribution in [-0.2, 0) is 9.47 Å². The third-order valence-corrected chi connectivity index (χ3v) is 3.54. The van der Waals surface area contributed by atoms with Crippen molar-refractivity contribution in [2.24, 2.45) is 0 Å². The zero-order chi connectivity index (χ0) is 13.4. The molecule has 0 saturated carbocycles. The Bertz CT molecular complexity index is 314. The van der Waals surface area contributed by atoms with Crippen LogP contribution in [0, 0.1) is 11.5 Å². The fourth-order valence-electron chi connectivity index (χ4n) is 1.71. The van der Waals surface area contributed by atoms with Gasteiger partial charge in [0.1, 0.15) is 14.2 Å². The summed E-state index contributed by atoms with van der Waals surface area (Å²) in [5.41, 5.74) is 3.39. The van der Waals surface area contributed by atoms with Gasteiger partial charge in [-0.25, -0.2) is 0 Å². The summed E-state index contributed by atoms with van der Waals surface area (Å²) in [7, 11) is -1.33. The van der Waals surface area contributed by atoms with Crippen molar-refractivity contribution in [2.75, 3.05) is 6.61 Å². The van der Waals surface area contributed by atoms with E-state index in [-0.39, 0.29) is 12.4 Å². The minimum Gasteiger partial charge on any atom is -0.353 e. The van der Waals surface area contributed by atoms with Crippen LogP contribution in [0.1, 0.15) is 32.6 Å². The minimum absolute atomic E-state index is 0.0176. The molecular weight excluding hydrogens is 240 g/mol. The van der Waals surface area contributed by atoms with Gasteiger partial charge in [0.15, 0.2) is 6.29 Å². The maximum atomic E-state index is 5.96. The summed E-state index contributed by atoms with van der Waals surface area (Å²) in [5.74, 6) is 3.30. The molecule has 0 aromatic carbocycles. The molecule has 3 heteroatoms. The largest absolute Gasteiger partial charge is 0.353 e. The van der Waals surface area contributed by atoms with E-state index in [4.69, 9.17) is 9.47 Å². The van der Waals surface area contributed by atoms with E-state index in [2.05, 4.69) is 37.2 Å². The third-order valence-electron chi connectivity index (χ3n) is 2.65. The second-order valence-corrected chi connectivity index (χ2v) is 10.5. The lowest BCUT2D eigenvalue weighted by Crippen LogP contribution is -2.27. The molecule has 0 bridgehead atoms. The van der Waals surface area contributed by atoms with Gasteiger partial charge in [-0.2, -0.15) is 0 Å². The monoisotopic (exact) mass is 266 g/mol. The lowest BCUT2D eigenvalue weighted by molar-refractivity contribution is -0.175. The van der Waals surface area contributed by atoms with Crippen molar-refractivity contribution >= 4 is 8.07 Å². The van der Waals surface area contributed by atoms with Gasteiger partial charge in [-0.1, -0.05) is 37.7 Å². The van der Waals surface area contributed by atoms with Gasteiger partial charge in [0.05, 0.1) is 0 Å². The molecule has 2 unspecified atom stereocenters. The van der Waals surface area contributed by atoms with Crippen LogP contribution in [0.3, 0.4) is 0 Å². The number of hydrogen-bond acceptors (Lipinski definition) is 2. The molecule has 0 aromatic heterocycles. The highest BCUT2D eigenvalue weighted by molar-refractivity contribution is 6.83. The van der Waals surface area contributed by atoms with Gasteiger partial charge in [0.2, 0.25) is 0 Å².